The van der Waals surface area contributed by atoms with Crippen LogP contribution in [0.2, 0.25) is 0 Å². The predicted octanol–water partition coefficient (Wildman–Crippen LogP) is 1.46. The largest absolute Gasteiger partial charge is 0.496 e. The SMILES string of the molecule is COc1cc(CCN2CCNCC2)cc(OC)c1C. The second kappa shape index (κ2) is 6.78. The highest BCUT2D eigenvalue weighted by molar-refractivity contribution is 5.47. The molecule has 4 nitrogen and oxygen atoms in total. The maximum atomic E-state index is 5.42. The third-order valence-electron chi connectivity index (χ3n) is 3.74. The summed E-state index contributed by atoms with van der Waals surface area (Å²) in [5.41, 5.74) is 2.34. The molecule has 0 aliphatic carbocycles. The maximum absolute atomic E-state index is 5.42. The van der Waals surface area contributed by atoms with Crippen LogP contribution in [0.5, 0.6) is 11.5 Å². The van der Waals surface area contributed by atoms with Crippen LogP contribution in [0.3, 0.4) is 0 Å². The smallest absolute Gasteiger partial charge is 0.125 e. The molecule has 19 heavy (non-hydrogen) atoms. The Hall–Kier alpha value is -1.26. The van der Waals surface area contributed by atoms with Gasteiger partial charge in [0, 0.05) is 38.3 Å². The van der Waals surface area contributed by atoms with E-state index in [1.807, 2.05) is 6.92 Å². The molecule has 106 valence electrons. The fraction of sp³-hybridized carbons (Fsp3) is 0.600. The first-order valence-corrected chi connectivity index (χ1v) is 6.89. The van der Waals surface area contributed by atoms with Gasteiger partial charge in [-0.3, -0.25) is 0 Å². The summed E-state index contributed by atoms with van der Waals surface area (Å²) < 4.78 is 10.8. The van der Waals surface area contributed by atoms with Crippen LogP contribution in [-0.2, 0) is 6.42 Å². The minimum atomic E-state index is 0.912. The minimum absolute atomic E-state index is 0.912. The lowest BCUT2D eigenvalue weighted by molar-refractivity contribution is 0.243. The van der Waals surface area contributed by atoms with Crippen molar-refractivity contribution >= 4 is 0 Å². The van der Waals surface area contributed by atoms with Crippen LogP contribution < -0.4 is 14.8 Å². The minimum Gasteiger partial charge on any atom is -0.496 e. The summed E-state index contributed by atoms with van der Waals surface area (Å²) in [6.07, 6.45) is 1.03. The molecule has 1 aromatic rings. The van der Waals surface area contributed by atoms with Crippen LogP contribution in [0.25, 0.3) is 0 Å². The number of nitrogens with one attached hydrogen (secondary N) is 1. The Balaban J connectivity index is 2.02. The van der Waals surface area contributed by atoms with Crippen LogP contribution in [0.15, 0.2) is 12.1 Å². The average Bonchev–Trinajstić information content (AvgIpc) is 2.47. The van der Waals surface area contributed by atoms with Gasteiger partial charge in [-0.2, -0.15) is 0 Å². The third-order valence-corrected chi connectivity index (χ3v) is 3.74. The van der Waals surface area contributed by atoms with Crippen molar-refractivity contribution in [2.24, 2.45) is 0 Å². The molecule has 1 heterocycles. The fourth-order valence-corrected chi connectivity index (χ4v) is 2.51. The van der Waals surface area contributed by atoms with Gasteiger partial charge in [0.2, 0.25) is 0 Å². The molecule has 1 N–H and O–H groups in total. The third kappa shape index (κ3) is 3.61. The zero-order valence-electron chi connectivity index (χ0n) is 12.2. The number of methoxy groups -OCH3 is 2. The molecule has 0 radical (unpaired) electrons. The summed E-state index contributed by atoms with van der Waals surface area (Å²) in [5, 5.41) is 3.38. The summed E-state index contributed by atoms with van der Waals surface area (Å²) in [7, 11) is 3.42. The Labute approximate surface area is 115 Å². The Bertz CT molecular complexity index is 390. The van der Waals surface area contributed by atoms with E-state index in [-0.39, 0.29) is 0 Å². The predicted molar refractivity (Wildman–Crippen MR) is 77.3 cm³/mol. The second-order valence-electron chi connectivity index (χ2n) is 4.97. The van der Waals surface area contributed by atoms with Gasteiger partial charge in [0.05, 0.1) is 14.2 Å². The topological polar surface area (TPSA) is 33.7 Å². The molecule has 1 saturated heterocycles. The highest BCUT2D eigenvalue weighted by Gasteiger charge is 2.11. The van der Waals surface area contributed by atoms with Crippen molar-refractivity contribution in [1.82, 2.24) is 10.2 Å². The van der Waals surface area contributed by atoms with Crippen LogP contribution in [0, 0.1) is 6.92 Å². The van der Waals surface area contributed by atoms with E-state index in [1.54, 1.807) is 14.2 Å². The van der Waals surface area contributed by atoms with Gasteiger partial charge in [0.25, 0.3) is 0 Å². The molecule has 2 rings (SSSR count). The summed E-state index contributed by atoms with van der Waals surface area (Å²) >= 11 is 0. The number of hydrogen-bond acceptors (Lipinski definition) is 4. The van der Waals surface area contributed by atoms with Gasteiger partial charge in [-0.25, -0.2) is 0 Å². The number of piperazine rings is 1. The van der Waals surface area contributed by atoms with Crippen LogP contribution in [-0.4, -0.2) is 51.8 Å². The first-order chi connectivity index (χ1) is 9.24. The molecular weight excluding hydrogens is 240 g/mol. The van der Waals surface area contributed by atoms with Crippen molar-refractivity contribution in [1.29, 1.82) is 0 Å². The number of ether oxygens (including phenoxy) is 2. The number of nitrogens with zero attached hydrogens (tertiary/aromatic N) is 1. The molecule has 4 heteroatoms. The van der Waals surface area contributed by atoms with Gasteiger partial charge >= 0.3 is 0 Å². The monoisotopic (exact) mass is 264 g/mol. The van der Waals surface area contributed by atoms with Crippen molar-refractivity contribution < 1.29 is 9.47 Å². The summed E-state index contributed by atoms with van der Waals surface area (Å²) in [5.74, 6) is 1.82. The van der Waals surface area contributed by atoms with E-state index < -0.39 is 0 Å². The van der Waals surface area contributed by atoms with Gasteiger partial charge in [-0.1, -0.05) is 0 Å². The molecule has 1 fully saturated rings. The standard InChI is InChI=1S/C15H24N2O2/c1-12-14(18-2)10-13(11-15(12)19-3)4-7-17-8-5-16-6-9-17/h10-11,16H,4-9H2,1-3H3. The average molecular weight is 264 g/mol. The first-order valence-electron chi connectivity index (χ1n) is 6.89. The Morgan fingerprint density at radius 1 is 1.11 bits per heavy atom. The quantitative estimate of drug-likeness (QED) is 0.873. The zero-order valence-corrected chi connectivity index (χ0v) is 12.2. The van der Waals surface area contributed by atoms with Gasteiger partial charge in [-0.05, 0) is 31.0 Å². The molecule has 1 aliphatic rings. The van der Waals surface area contributed by atoms with E-state index in [2.05, 4.69) is 22.3 Å². The Morgan fingerprint density at radius 3 is 2.21 bits per heavy atom. The lowest BCUT2D eigenvalue weighted by atomic mass is 10.1. The molecule has 0 saturated carbocycles. The molecule has 1 aromatic carbocycles. The van der Waals surface area contributed by atoms with Crippen molar-refractivity contribution in [3.05, 3.63) is 23.3 Å². The normalized spacial score (nSPS) is 16.4. The lowest BCUT2D eigenvalue weighted by Gasteiger charge is -2.27. The molecular formula is C15H24N2O2. The number of rotatable bonds is 5. The van der Waals surface area contributed by atoms with E-state index in [0.29, 0.717) is 0 Å². The number of benzene rings is 1. The van der Waals surface area contributed by atoms with Crippen LogP contribution in [0.4, 0.5) is 0 Å². The van der Waals surface area contributed by atoms with Crippen molar-refractivity contribution in [3.8, 4) is 11.5 Å². The van der Waals surface area contributed by atoms with E-state index in [0.717, 1.165) is 56.2 Å². The van der Waals surface area contributed by atoms with E-state index in [4.69, 9.17) is 9.47 Å². The van der Waals surface area contributed by atoms with Crippen molar-refractivity contribution in [3.63, 3.8) is 0 Å². The molecule has 0 aromatic heterocycles. The van der Waals surface area contributed by atoms with Gasteiger partial charge < -0.3 is 19.7 Å². The summed E-state index contributed by atoms with van der Waals surface area (Å²) in [6, 6.07) is 4.25. The molecule has 0 bridgehead atoms. The zero-order chi connectivity index (χ0) is 13.7. The van der Waals surface area contributed by atoms with E-state index >= 15 is 0 Å². The van der Waals surface area contributed by atoms with Gasteiger partial charge in [0.1, 0.15) is 11.5 Å². The molecule has 1 aliphatic heterocycles. The molecule has 0 atom stereocenters. The maximum Gasteiger partial charge on any atom is 0.125 e. The van der Waals surface area contributed by atoms with E-state index in [1.165, 1.54) is 5.56 Å². The van der Waals surface area contributed by atoms with Crippen molar-refractivity contribution in [2.75, 3.05) is 46.9 Å². The number of hydrogen-bond donors (Lipinski definition) is 1. The highest BCUT2D eigenvalue weighted by Crippen LogP contribution is 2.29. The summed E-state index contributed by atoms with van der Waals surface area (Å²) in [6.45, 7) is 7.59. The highest BCUT2D eigenvalue weighted by atomic mass is 16.5. The molecule has 0 spiro atoms. The van der Waals surface area contributed by atoms with Crippen LogP contribution in [0.1, 0.15) is 11.1 Å². The van der Waals surface area contributed by atoms with Gasteiger partial charge in [-0.15, -0.1) is 0 Å². The van der Waals surface area contributed by atoms with Crippen molar-refractivity contribution in [2.45, 2.75) is 13.3 Å². The lowest BCUT2D eigenvalue weighted by Crippen LogP contribution is -2.44. The summed E-state index contributed by atoms with van der Waals surface area (Å²) in [4.78, 5) is 2.50. The molecule has 0 amide bonds. The van der Waals surface area contributed by atoms with Crippen LogP contribution >= 0.6 is 0 Å². The van der Waals surface area contributed by atoms with E-state index in [9.17, 15) is 0 Å². The Kier molecular flexibility index (Phi) is 5.05. The Morgan fingerprint density at radius 2 is 1.68 bits per heavy atom. The fourth-order valence-electron chi connectivity index (χ4n) is 2.51. The molecule has 0 unspecified atom stereocenters. The first kappa shape index (κ1) is 14.2. The van der Waals surface area contributed by atoms with Gasteiger partial charge in [0.15, 0.2) is 0 Å². The second-order valence-corrected chi connectivity index (χ2v) is 4.97.